The minimum absolute atomic E-state index is 0.282. The van der Waals surface area contributed by atoms with Crippen LogP contribution in [0.4, 0.5) is 0 Å². The first-order valence-electron chi connectivity index (χ1n) is 8.16. The summed E-state index contributed by atoms with van der Waals surface area (Å²) in [5, 5.41) is 1.92. The van der Waals surface area contributed by atoms with Crippen molar-refractivity contribution >= 4 is 22.5 Å². The van der Waals surface area contributed by atoms with Gasteiger partial charge in [0.15, 0.2) is 11.5 Å². The fourth-order valence-corrected chi connectivity index (χ4v) is 3.40. The number of nitrogens with two attached hydrogens (primary N) is 1. The summed E-state index contributed by atoms with van der Waals surface area (Å²) in [6, 6.07) is 12.0. The standard InChI is InChI=1S/C19H19ClN2O2/c20-13-5-6-16-15(10-13)14(3-1-2-8-21)19(22-16)12-4-7-17-18(9-12)24-11-23-17/h4-7,9-10,22H,1-3,8,11,21H2. The fourth-order valence-electron chi connectivity index (χ4n) is 3.22. The molecule has 3 aromatic rings. The minimum Gasteiger partial charge on any atom is -0.454 e. The topological polar surface area (TPSA) is 60.3 Å². The second kappa shape index (κ2) is 6.38. The maximum absolute atomic E-state index is 6.21. The summed E-state index contributed by atoms with van der Waals surface area (Å²) >= 11 is 6.21. The SMILES string of the molecule is NCCCCc1c(-c2ccc3c(c2)OCO3)[nH]c2ccc(Cl)cc12. The molecule has 24 heavy (non-hydrogen) atoms. The highest BCUT2D eigenvalue weighted by Gasteiger charge is 2.18. The molecule has 0 unspecified atom stereocenters. The number of hydrogen-bond acceptors (Lipinski definition) is 3. The molecule has 3 N–H and O–H groups in total. The minimum atomic E-state index is 0.282. The van der Waals surface area contributed by atoms with Crippen molar-refractivity contribution in [3.8, 4) is 22.8 Å². The van der Waals surface area contributed by atoms with E-state index in [0.717, 1.165) is 52.6 Å². The highest BCUT2D eigenvalue weighted by atomic mass is 35.5. The molecule has 0 spiro atoms. The number of hydrogen-bond donors (Lipinski definition) is 2. The second-order valence-corrected chi connectivity index (χ2v) is 6.42. The molecule has 5 heteroatoms. The Labute approximate surface area is 145 Å². The van der Waals surface area contributed by atoms with Gasteiger partial charge in [0, 0.05) is 27.2 Å². The van der Waals surface area contributed by atoms with Crippen LogP contribution in [-0.4, -0.2) is 18.3 Å². The highest BCUT2D eigenvalue weighted by Crippen LogP contribution is 2.39. The second-order valence-electron chi connectivity index (χ2n) is 5.98. The van der Waals surface area contributed by atoms with Gasteiger partial charge < -0.3 is 20.2 Å². The van der Waals surface area contributed by atoms with Gasteiger partial charge in [-0.1, -0.05) is 11.6 Å². The first kappa shape index (κ1) is 15.4. The number of nitrogens with one attached hydrogen (secondary N) is 1. The number of aromatic nitrogens is 1. The molecule has 1 aliphatic rings. The maximum atomic E-state index is 6.21. The normalized spacial score (nSPS) is 12.9. The highest BCUT2D eigenvalue weighted by molar-refractivity contribution is 6.31. The van der Waals surface area contributed by atoms with Crippen LogP contribution in [0.25, 0.3) is 22.2 Å². The predicted molar refractivity (Wildman–Crippen MR) is 96.9 cm³/mol. The number of H-pyrrole nitrogens is 1. The van der Waals surface area contributed by atoms with E-state index in [0.29, 0.717) is 6.54 Å². The Hall–Kier alpha value is -2.17. The number of halogens is 1. The number of rotatable bonds is 5. The van der Waals surface area contributed by atoms with Crippen LogP contribution < -0.4 is 15.2 Å². The Morgan fingerprint density at radius 3 is 2.79 bits per heavy atom. The van der Waals surface area contributed by atoms with Crippen molar-refractivity contribution in [3.63, 3.8) is 0 Å². The molecular formula is C19H19ClN2O2. The molecule has 0 aliphatic carbocycles. The van der Waals surface area contributed by atoms with E-state index in [1.165, 1.54) is 10.9 Å². The van der Waals surface area contributed by atoms with Crippen LogP contribution in [0.2, 0.25) is 5.02 Å². The van der Waals surface area contributed by atoms with E-state index >= 15 is 0 Å². The number of aryl methyl sites for hydroxylation is 1. The van der Waals surface area contributed by atoms with Gasteiger partial charge in [0.1, 0.15) is 0 Å². The Bertz CT molecular complexity index is 888. The maximum Gasteiger partial charge on any atom is 0.231 e. The van der Waals surface area contributed by atoms with Gasteiger partial charge in [-0.25, -0.2) is 0 Å². The molecule has 2 aromatic carbocycles. The summed E-state index contributed by atoms with van der Waals surface area (Å²) in [5.74, 6) is 1.58. The van der Waals surface area contributed by atoms with Crippen LogP contribution in [0, 0.1) is 0 Å². The number of unbranched alkanes of at least 4 members (excludes halogenated alkanes) is 1. The van der Waals surface area contributed by atoms with Gasteiger partial charge in [-0.05, 0) is 67.8 Å². The van der Waals surface area contributed by atoms with E-state index < -0.39 is 0 Å². The van der Waals surface area contributed by atoms with Gasteiger partial charge in [0.05, 0.1) is 0 Å². The molecule has 0 bridgehead atoms. The Morgan fingerprint density at radius 1 is 1.04 bits per heavy atom. The van der Waals surface area contributed by atoms with Crippen molar-refractivity contribution in [3.05, 3.63) is 47.0 Å². The number of fused-ring (bicyclic) bond motifs is 2. The molecule has 0 saturated carbocycles. The lowest BCUT2D eigenvalue weighted by atomic mass is 10.00. The van der Waals surface area contributed by atoms with Gasteiger partial charge in [0.25, 0.3) is 0 Å². The van der Waals surface area contributed by atoms with Crippen molar-refractivity contribution < 1.29 is 9.47 Å². The summed E-state index contributed by atoms with van der Waals surface area (Å²) in [5.41, 5.74) is 10.2. The van der Waals surface area contributed by atoms with Crippen LogP contribution in [0.15, 0.2) is 36.4 Å². The lowest BCUT2D eigenvalue weighted by molar-refractivity contribution is 0.174. The summed E-state index contributed by atoms with van der Waals surface area (Å²) in [7, 11) is 0. The van der Waals surface area contributed by atoms with Crippen molar-refractivity contribution in [1.29, 1.82) is 0 Å². The van der Waals surface area contributed by atoms with E-state index in [1.54, 1.807) is 0 Å². The quantitative estimate of drug-likeness (QED) is 0.671. The zero-order valence-corrected chi connectivity index (χ0v) is 14.0. The molecule has 124 valence electrons. The molecule has 2 heterocycles. The van der Waals surface area contributed by atoms with Crippen molar-refractivity contribution in [1.82, 2.24) is 4.98 Å². The molecule has 0 saturated heterocycles. The van der Waals surface area contributed by atoms with E-state index in [9.17, 15) is 0 Å². The molecule has 1 aromatic heterocycles. The lowest BCUT2D eigenvalue weighted by Gasteiger charge is -2.06. The van der Waals surface area contributed by atoms with E-state index in [2.05, 4.69) is 11.1 Å². The van der Waals surface area contributed by atoms with Crippen LogP contribution >= 0.6 is 11.6 Å². The number of ether oxygens (including phenoxy) is 2. The summed E-state index contributed by atoms with van der Waals surface area (Å²) in [6.07, 6.45) is 3.02. The smallest absolute Gasteiger partial charge is 0.231 e. The zero-order valence-electron chi connectivity index (χ0n) is 13.3. The van der Waals surface area contributed by atoms with Crippen LogP contribution in [0.5, 0.6) is 11.5 Å². The lowest BCUT2D eigenvalue weighted by Crippen LogP contribution is -1.99. The molecule has 1 aliphatic heterocycles. The van der Waals surface area contributed by atoms with E-state index in [1.807, 2.05) is 30.3 Å². The summed E-state index contributed by atoms with van der Waals surface area (Å²) in [6.45, 7) is 0.993. The summed E-state index contributed by atoms with van der Waals surface area (Å²) < 4.78 is 10.9. The van der Waals surface area contributed by atoms with Crippen molar-refractivity contribution in [2.24, 2.45) is 5.73 Å². The first-order chi connectivity index (χ1) is 11.8. The molecule has 0 amide bonds. The van der Waals surface area contributed by atoms with Crippen molar-refractivity contribution in [2.45, 2.75) is 19.3 Å². The van der Waals surface area contributed by atoms with Gasteiger partial charge in [-0.15, -0.1) is 0 Å². The zero-order chi connectivity index (χ0) is 16.5. The summed E-state index contributed by atoms with van der Waals surface area (Å²) in [4.78, 5) is 3.54. The molecule has 4 rings (SSSR count). The third-order valence-corrected chi connectivity index (χ3v) is 4.65. The average molecular weight is 343 g/mol. The predicted octanol–water partition coefficient (Wildman–Crippen LogP) is 4.50. The van der Waals surface area contributed by atoms with Crippen molar-refractivity contribution in [2.75, 3.05) is 13.3 Å². The van der Waals surface area contributed by atoms with Gasteiger partial charge >= 0.3 is 0 Å². The van der Waals surface area contributed by atoms with Crippen LogP contribution in [-0.2, 0) is 6.42 Å². The monoisotopic (exact) mass is 342 g/mol. The third-order valence-electron chi connectivity index (χ3n) is 4.41. The van der Waals surface area contributed by atoms with Gasteiger partial charge in [-0.3, -0.25) is 0 Å². The first-order valence-corrected chi connectivity index (χ1v) is 8.54. The number of aromatic amines is 1. The molecule has 4 nitrogen and oxygen atoms in total. The third kappa shape index (κ3) is 2.72. The van der Waals surface area contributed by atoms with Gasteiger partial charge in [-0.2, -0.15) is 0 Å². The van der Waals surface area contributed by atoms with E-state index in [4.69, 9.17) is 26.8 Å². The van der Waals surface area contributed by atoms with E-state index in [-0.39, 0.29) is 6.79 Å². The molecule has 0 atom stereocenters. The molecule has 0 fully saturated rings. The Kier molecular flexibility index (Phi) is 4.08. The molecular weight excluding hydrogens is 324 g/mol. The average Bonchev–Trinajstić information content (AvgIpc) is 3.19. The largest absolute Gasteiger partial charge is 0.454 e. The fraction of sp³-hybridized carbons (Fsp3) is 0.263. The van der Waals surface area contributed by atoms with Crippen LogP contribution in [0.3, 0.4) is 0 Å². The number of benzene rings is 2. The Balaban J connectivity index is 1.82. The molecule has 0 radical (unpaired) electrons. The van der Waals surface area contributed by atoms with Gasteiger partial charge in [0.2, 0.25) is 6.79 Å². The van der Waals surface area contributed by atoms with Crippen LogP contribution in [0.1, 0.15) is 18.4 Å². The Morgan fingerprint density at radius 2 is 1.92 bits per heavy atom.